The van der Waals surface area contributed by atoms with Crippen LogP contribution in [0.1, 0.15) is 25.1 Å². The van der Waals surface area contributed by atoms with E-state index >= 15 is 0 Å². The van der Waals surface area contributed by atoms with Crippen LogP contribution in [0.5, 0.6) is 0 Å². The molecule has 2 heterocycles. The van der Waals surface area contributed by atoms with Crippen LogP contribution in [0.4, 0.5) is 0 Å². The molecule has 0 aromatic carbocycles. The van der Waals surface area contributed by atoms with Crippen LogP contribution in [0.2, 0.25) is 5.02 Å². The Balaban J connectivity index is 2.39. The van der Waals surface area contributed by atoms with E-state index in [0.29, 0.717) is 11.1 Å². The summed E-state index contributed by atoms with van der Waals surface area (Å²) in [7, 11) is 1.91. The zero-order valence-electron chi connectivity index (χ0n) is 11.1. The average molecular weight is 268 g/mol. The van der Waals surface area contributed by atoms with Crippen molar-refractivity contribution < 1.29 is 0 Å². The molecular formula is C12H18ClN5. The second kappa shape index (κ2) is 5.12. The summed E-state index contributed by atoms with van der Waals surface area (Å²) in [6, 6.07) is 0.429. The topological polar surface area (TPSA) is 47.7 Å². The lowest BCUT2D eigenvalue weighted by Gasteiger charge is -2.10. The second-order valence-corrected chi connectivity index (χ2v) is 5.09. The fraction of sp³-hybridized carbons (Fsp3) is 0.500. The highest BCUT2D eigenvalue weighted by Gasteiger charge is 2.15. The largest absolute Gasteiger partial charge is 0.310 e. The number of hydrogen-bond acceptors (Lipinski definition) is 3. The molecule has 0 spiro atoms. The van der Waals surface area contributed by atoms with Crippen LogP contribution in [0, 0.1) is 6.92 Å². The molecule has 2 aromatic heterocycles. The predicted molar refractivity (Wildman–Crippen MR) is 72.1 cm³/mol. The van der Waals surface area contributed by atoms with Gasteiger partial charge in [-0.1, -0.05) is 25.4 Å². The zero-order chi connectivity index (χ0) is 13.3. The Labute approximate surface area is 112 Å². The molecule has 0 amide bonds. The molecule has 98 valence electrons. The molecule has 0 atom stereocenters. The van der Waals surface area contributed by atoms with Crippen molar-refractivity contribution in [2.45, 2.75) is 33.4 Å². The van der Waals surface area contributed by atoms with E-state index in [-0.39, 0.29) is 0 Å². The first-order valence-electron chi connectivity index (χ1n) is 5.95. The first kappa shape index (κ1) is 13.1. The highest BCUT2D eigenvalue weighted by Crippen LogP contribution is 2.19. The van der Waals surface area contributed by atoms with Gasteiger partial charge < -0.3 is 5.32 Å². The van der Waals surface area contributed by atoms with Gasteiger partial charge in [-0.3, -0.25) is 4.68 Å². The van der Waals surface area contributed by atoms with Gasteiger partial charge in [-0.25, -0.2) is 4.68 Å². The van der Waals surface area contributed by atoms with Crippen molar-refractivity contribution in [2.24, 2.45) is 7.05 Å². The van der Waals surface area contributed by atoms with Gasteiger partial charge in [-0.2, -0.15) is 10.2 Å². The Hall–Kier alpha value is -1.33. The van der Waals surface area contributed by atoms with E-state index in [1.165, 1.54) is 0 Å². The maximum absolute atomic E-state index is 5.92. The van der Waals surface area contributed by atoms with E-state index in [4.69, 9.17) is 11.6 Å². The molecule has 0 saturated heterocycles. The summed E-state index contributed by atoms with van der Waals surface area (Å²) in [4.78, 5) is 0. The lowest BCUT2D eigenvalue weighted by atomic mass is 10.2. The van der Waals surface area contributed by atoms with Crippen LogP contribution in [0.25, 0.3) is 5.82 Å². The first-order chi connectivity index (χ1) is 8.49. The highest BCUT2D eigenvalue weighted by atomic mass is 35.5. The summed E-state index contributed by atoms with van der Waals surface area (Å²) in [6.07, 6.45) is 3.42. The molecule has 5 nitrogen and oxygen atoms in total. The summed E-state index contributed by atoms with van der Waals surface area (Å²) in [6.45, 7) is 7.02. The Bertz CT molecular complexity index is 541. The van der Waals surface area contributed by atoms with E-state index in [9.17, 15) is 0 Å². The van der Waals surface area contributed by atoms with Crippen LogP contribution < -0.4 is 5.32 Å². The van der Waals surface area contributed by atoms with Crippen LogP contribution >= 0.6 is 11.6 Å². The monoisotopic (exact) mass is 267 g/mol. The van der Waals surface area contributed by atoms with Gasteiger partial charge in [0.1, 0.15) is 0 Å². The maximum Gasteiger partial charge on any atom is 0.156 e. The van der Waals surface area contributed by atoms with Crippen molar-refractivity contribution in [1.82, 2.24) is 24.9 Å². The fourth-order valence-electron chi connectivity index (χ4n) is 1.91. The van der Waals surface area contributed by atoms with Crippen molar-refractivity contribution in [3.05, 3.63) is 28.7 Å². The third-order valence-electron chi connectivity index (χ3n) is 2.77. The van der Waals surface area contributed by atoms with Crippen molar-refractivity contribution in [2.75, 3.05) is 0 Å². The van der Waals surface area contributed by atoms with Crippen molar-refractivity contribution in [3.63, 3.8) is 0 Å². The third-order valence-corrected chi connectivity index (χ3v) is 2.96. The molecule has 2 aromatic rings. The van der Waals surface area contributed by atoms with Crippen molar-refractivity contribution in [3.8, 4) is 5.82 Å². The minimum Gasteiger partial charge on any atom is -0.310 e. The normalized spacial score (nSPS) is 11.4. The molecule has 6 heteroatoms. The number of aromatic nitrogens is 4. The lowest BCUT2D eigenvalue weighted by molar-refractivity contribution is 0.584. The molecule has 0 aliphatic rings. The maximum atomic E-state index is 5.92. The predicted octanol–water partition coefficient (Wildman–Crippen LogP) is 2.07. The number of aryl methyl sites for hydroxylation is 2. The van der Waals surface area contributed by atoms with Gasteiger partial charge in [0.2, 0.25) is 0 Å². The van der Waals surface area contributed by atoms with Crippen molar-refractivity contribution in [1.29, 1.82) is 0 Å². The SMILES string of the molecule is Cc1nn(C)c(-n2cc(Cl)cn2)c1CNC(C)C. The Kier molecular flexibility index (Phi) is 3.73. The fourth-order valence-corrected chi connectivity index (χ4v) is 2.04. The van der Waals surface area contributed by atoms with Crippen LogP contribution in [-0.2, 0) is 13.6 Å². The second-order valence-electron chi connectivity index (χ2n) is 4.65. The molecule has 1 N–H and O–H groups in total. The van der Waals surface area contributed by atoms with Gasteiger partial charge in [0, 0.05) is 25.2 Å². The molecule has 18 heavy (non-hydrogen) atoms. The summed E-state index contributed by atoms with van der Waals surface area (Å²) in [5.41, 5.74) is 2.15. The number of rotatable bonds is 4. The Morgan fingerprint density at radius 2 is 2.17 bits per heavy atom. The summed E-state index contributed by atoms with van der Waals surface area (Å²) in [5, 5.41) is 12.7. The standard InChI is InChI=1S/C12H18ClN5/c1-8(2)14-6-11-9(3)16-17(4)12(11)18-7-10(13)5-15-18/h5,7-8,14H,6H2,1-4H3. The van der Waals surface area contributed by atoms with Crippen LogP contribution in [0.3, 0.4) is 0 Å². The van der Waals surface area contributed by atoms with Gasteiger partial charge in [-0.05, 0) is 6.92 Å². The Morgan fingerprint density at radius 1 is 1.44 bits per heavy atom. The van der Waals surface area contributed by atoms with E-state index in [1.807, 2.05) is 18.7 Å². The van der Waals surface area contributed by atoms with Gasteiger partial charge >= 0.3 is 0 Å². The van der Waals surface area contributed by atoms with Crippen LogP contribution in [-0.4, -0.2) is 25.6 Å². The molecule has 0 aliphatic heterocycles. The molecule has 0 unspecified atom stereocenters. The molecule has 2 rings (SSSR count). The van der Waals surface area contributed by atoms with Crippen molar-refractivity contribution >= 4 is 11.6 Å². The molecule has 0 fully saturated rings. The zero-order valence-corrected chi connectivity index (χ0v) is 11.9. The summed E-state index contributed by atoms with van der Waals surface area (Å²) < 4.78 is 3.59. The number of hydrogen-bond donors (Lipinski definition) is 1. The Morgan fingerprint density at radius 3 is 2.72 bits per heavy atom. The van der Waals surface area contributed by atoms with Gasteiger partial charge in [0.25, 0.3) is 0 Å². The van der Waals surface area contributed by atoms with Gasteiger partial charge in [0.05, 0.1) is 23.1 Å². The molecular weight excluding hydrogens is 250 g/mol. The number of nitrogens with one attached hydrogen (secondary N) is 1. The summed E-state index contributed by atoms with van der Waals surface area (Å²) >= 11 is 5.92. The smallest absolute Gasteiger partial charge is 0.156 e. The van der Waals surface area contributed by atoms with E-state index in [1.54, 1.807) is 17.1 Å². The van der Waals surface area contributed by atoms with Gasteiger partial charge in [-0.15, -0.1) is 0 Å². The average Bonchev–Trinajstić information content (AvgIpc) is 2.79. The van der Waals surface area contributed by atoms with Crippen LogP contribution in [0.15, 0.2) is 12.4 Å². The number of halogens is 1. The number of nitrogens with zero attached hydrogens (tertiary/aromatic N) is 4. The molecule has 0 aliphatic carbocycles. The van der Waals surface area contributed by atoms with E-state index < -0.39 is 0 Å². The third kappa shape index (κ3) is 2.57. The van der Waals surface area contributed by atoms with E-state index in [0.717, 1.165) is 23.6 Å². The minimum absolute atomic E-state index is 0.429. The molecule has 0 bridgehead atoms. The van der Waals surface area contributed by atoms with E-state index in [2.05, 4.69) is 29.4 Å². The lowest BCUT2D eigenvalue weighted by Crippen LogP contribution is -2.23. The molecule has 0 saturated carbocycles. The minimum atomic E-state index is 0.429. The first-order valence-corrected chi connectivity index (χ1v) is 6.33. The highest BCUT2D eigenvalue weighted by molar-refractivity contribution is 6.30. The quantitative estimate of drug-likeness (QED) is 0.923. The summed E-state index contributed by atoms with van der Waals surface area (Å²) in [5.74, 6) is 0.951. The van der Waals surface area contributed by atoms with Gasteiger partial charge in [0.15, 0.2) is 5.82 Å². The molecule has 0 radical (unpaired) electrons.